The summed E-state index contributed by atoms with van der Waals surface area (Å²) in [6.07, 6.45) is 4.18. The molecule has 1 aliphatic carbocycles. The van der Waals surface area contributed by atoms with Crippen molar-refractivity contribution in [3.05, 3.63) is 61.6 Å². The van der Waals surface area contributed by atoms with Gasteiger partial charge in [0.2, 0.25) is 0 Å². The second kappa shape index (κ2) is 6.59. The molecule has 1 heterocycles. The minimum atomic E-state index is 0.0193. The summed E-state index contributed by atoms with van der Waals surface area (Å²) in [5.74, 6) is 0. The highest BCUT2D eigenvalue weighted by Gasteiger charge is 2.35. The molecule has 1 fully saturated rings. The Morgan fingerprint density at radius 2 is 1.95 bits per heavy atom. The molecular formula is C17H18I2N2O. The molecule has 1 aliphatic rings. The van der Waals surface area contributed by atoms with Gasteiger partial charge in [0, 0.05) is 13.1 Å². The number of hydrogen-bond donors (Lipinski definition) is 0. The number of rotatable bonds is 2. The van der Waals surface area contributed by atoms with Crippen molar-refractivity contribution >= 4 is 45.2 Å². The molecule has 1 saturated carbocycles. The second-order valence-electron chi connectivity index (χ2n) is 5.96. The van der Waals surface area contributed by atoms with Crippen LogP contribution in [-0.2, 0) is 3.42 Å². The SMILES string of the molecule is Cc1ccc(=O)n([C@H]2CC[C@](I)(c3cccc(I)c3)CC2)n1. The Hall–Kier alpha value is -0.440. The van der Waals surface area contributed by atoms with Crippen LogP contribution in [0.4, 0.5) is 0 Å². The van der Waals surface area contributed by atoms with Gasteiger partial charge in [-0.3, -0.25) is 4.79 Å². The van der Waals surface area contributed by atoms with E-state index in [2.05, 4.69) is 74.5 Å². The minimum Gasteiger partial charge on any atom is -0.268 e. The van der Waals surface area contributed by atoms with Crippen LogP contribution in [0.15, 0.2) is 41.2 Å². The van der Waals surface area contributed by atoms with E-state index in [4.69, 9.17) is 0 Å². The molecular weight excluding hydrogens is 502 g/mol. The summed E-state index contributed by atoms with van der Waals surface area (Å²) >= 11 is 4.98. The van der Waals surface area contributed by atoms with Crippen LogP contribution >= 0.6 is 45.2 Å². The molecule has 2 aromatic rings. The quantitative estimate of drug-likeness (QED) is 0.429. The highest BCUT2D eigenvalue weighted by molar-refractivity contribution is 14.1. The fourth-order valence-electron chi connectivity index (χ4n) is 3.14. The van der Waals surface area contributed by atoms with Gasteiger partial charge in [0.25, 0.3) is 5.56 Å². The van der Waals surface area contributed by atoms with Crippen molar-refractivity contribution < 1.29 is 0 Å². The predicted octanol–water partition coefficient (Wildman–Crippen LogP) is 4.60. The normalized spacial score (nSPS) is 25.1. The van der Waals surface area contributed by atoms with Crippen LogP contribution < -0.4 is 5.56 Å². The molecule has 1 aromatic carbocycles. The maximum absolute atomic E-state index is 12.0. The van der Waals surface area contributed by atoms with Crippen LogP contribution in [0.25, 0.3) is 0 Å². The van der Waals surface area contributed by atoms with Crippen LogP contribution in [-0.4, -0.2) is 9.78 Å². The van der Waals surface area contributed by atoms with E-state index in [1.54, 1.807) is 16.8 Å². The lowest BCUT2D eigenvalue weighted by Gasteiger charge is -2.36. The zero-order chi connectivity index (χ0) is 15.7. The van der Waals surface area contributed by atoms with E-state index in [0.29, 0.717) is 0 Å². The molecule has 0 aliphatic heterocycles. The average Bonchev–Trinajstić information content (AvgIpc) is 2.51. The van der Waals surface area contributed by atoms with Gasteiger partial charge in [-0.1, -0.05) is 34.7 Å². The number of hydrogen-bond acceptors (Lipinski definition) is 2. The Bertz CT molecular complexity index is 733. The molecule has 22 heavy (non-hydrogen) atoms. The van der Waals surface area contributed by atoms with Crippen LogP contribution in [0.1, 0.15) is 43.0 Å². The first kappa shape index (κ1) is 16.4. The zero-order valence-corrected chi connectivity index (χ0v) is 16.7. The summed E-state index contributed by atoms with van der Waals surface area (Å²) in [6.45, 7) is 1.94. The lowest BCUT2D eigenvalue weighted by Crippen LogP contribution is -2.33. The number of aryl methyl sites for hydroxylation is 1. The van der Waals surface area contributed by atoms with Crippen molar-refractivity contribution in [1.29, 1.82) is 0 Å². The Kier molecular flexibility index (Phi) is 4.92. The highest BCUT2D eigenvalue weighted by atomic mass is 127. The Labute approximate surface area is 157 Å². The van der Waals surface area contributed by atoms with Gasteiger partial charge in [0.05, 0.1) is 11.7 Å². The van der Waals surface area contributed by atoms with Crippen LogP contribution in [0.5, 0.6) is 0 Å². The Morgan fingerprint density at radius 1 is 1.23 bits per heavy atom. The van der Waals surface area contributed by atoms with E-state index in [0.717, 1.165) is 31.4 Å². The average molecular weight is 520 g/mol. The number of alkyl halides is 1. The molecule has 0 amide bonds. The second-order valence-corrected chi connectivity index (χ2v) is 9.27. The fourth-order valence-corrected chi connectivity index (χ4v) is 4.64. The molecule has 0 radical (unpaired) electrons. The summed E-state index contributed by atoms with van der Waals surface area (Å²) in [5.41, 5.74) is 2.33. The van der Waals surface area contributed by atoms with E-state index in [9.17, 15) is 4.79 Å². The van der Waals surface area contributed by atoms with Crippen molar-refractivity contribution in [2.45, 2.75) is 42.1 Å². The van der Waals surface area contributed by atoms with Gasteiger partial charge in [0.15, 0.2) is 0 Å². The van der Waals surface area contributed by atoms with E-state index < -0.39 is 0 Å². The van der Waals surface area contributed by atoms with Gasteiger partial charge < -0.3 is 0 Å². The third-order valence-corrected chi connectivity index (χ3v) is 6.77. The summed E-state index contributed by atoms with van der Waals surface area (Å²) in [5, 5.41) is 4.43. The highest BCUT2D eigenvalue weighted by Crippen LogP contribution is 2.47. The molecule has 0 spiro atoms. The first-order chi connectivity index (χ1) is 10.5. The maximum Gasteiger partial charge on any atom is 0.267 e. The molecule has 0 saturated heterocycles. The molecule has 3 nitrogen and oxygen atoms in total. The first-order valence-corrected chi connectivity index (χ1v) is 9.65. The largest absolute Gasteiger partial charge is 0.268 e. The van der Waals surface area contributed by atoms with Crippen LogP contribution in [0, 0.1) is 10.5 Å². The Morgan fingerprint density at radius 3 is 2.64 bits per heavy atom. The minimum absolute atomic E-state index is 0.0193. The first-order valence-electron chi connectivity index (χ1n) is 7.49. The third-order valence-electron chi connectivity index (χ3n) is 4.39. The summed E-state index contributed by atoms with van der Waals surface area (Å²) in [6, 6.07) is 12.4. The summed E-state index contributed by atoms with van der Waals surface area (Å²) in [4.78, 5) is 12.0. The van der Waals surface area contributed by atoms with E-state index in [1.165, 1.54) is 9.13 Å². The number of aromatic nitrogens is 2. The van der Waals surface area contributed by atoms with Crippen LogP contribution in [0.3, 0.4) is 0 Å². The third kappa shape index (κ3) is 3.39. The molecule has 0 atom stereocenters. The smallest absolute Gasteiger partial charge is 0.267 e. The maximum atomic E-state index is 12.0. The number of benzene rings is 1. The van der Waals surface area contributed by atoms with Gasteiger partial charge >= 0.3 is 0 Å². The molecule has 5 heteroatoms. The van der Waals surface area contributed by atoms with Crippen molar-refractivity contribution in [3.63, 3.8) is 0 Å². The van der Waals surface area contributed by atoms with Gasteiger partial charge in [-0.05, 0) is 79.0 Å². The lowest BCUT2D eigenvalue weighted by molar-refractivity contribution is 0.285. The molecule has 0 N–H and O–H groups in total. The van der Waals surface area contributed by atoms with Crippen molar-refractivity contribution in [2.75, 3.05) is 0 Å². The molecule has 3 rings (SSSR count). The molecule has 1 aromatic heterocycles. The van der Waals surface area contributed by atoms with Crippen molar-refractivity contribution in [2.24, 2.45) is 0 Å². The molecule has 0 bridgehead atoms. The van der Waals surface area contributed by atoms with Crippen molar-refractivity contribution in [1.82, 2.24) is 9.78 Å². The van der Waals surface area contributed by atoms with Crippen LogP contribution in [0.2, 0.25) is 0 Å². The van der Waals surface area contributed by atoms with E-state index in [1.807, 2.05) is 6.92 Å². The number of halogens is 2. The van der Waals surface area contributed by atoms with Gasteiger partial charge in [0.1, 0.15) is 0 Å². The van der Waals surface area contributed by atoms with Gasteiger partial charge in [-0.25, -0.2) is 4.68 Å². The monoisotopic (exact) mass is 520 g/mol. The van der Waals surface area contributed by atoms with Gasteiger partial charge in [-0.15, -0.1) is 0 Å². The topological polar surface area (TPSA) is 34.9 Å². The predicted molar refractivity (Wildman–Crippen MR) is 106 cm³/mol. The van der Waals surface area contributed by atoms with Gasteiger partial charge in [-0.2, -0.15) is 5.10 Å². The molecule has 0 unspecified atom stereocenters. The Balaban J connectivity index is 1.80. The summed E-state index contributed by atoms with van der Waals surface area (Å²) in [7, 11) is 0. The standard InChI is InChI=1S/C17H18I2N2O/c1-12-5-6-16(22)21(20-12)15-7-9-17(19,10-8-15)13-3-2-4-14(18)11-13/h2-6,11,15H,7-10H2,1H3/t15-,17+. The zero-order valence-electron chi connectivity index (χ0n) is 12.4. The lowest BCUT2D eigenvalue weighted by atomic mass is 9.81. The summed E-state index contributed by atoms with van der Waals surface area (Å²) < 4.78 is 3.16. The number of nitrogens with zero attached hydrogens (tertiary/aromatic N) is 2. The fraction of sp³-hybridized carbons (Fsp3) is 0.412. The molecule has 116 valence electrons. The van der Waals surface area contributed by atoms with E-state index in [-0.39, 0.29) is 15.0 Å². The van der Waals surface area contributed by atoms with E-state index >= 15 is 0 Å². The van der Waals surface area contributed by atoms with Crippen molar-refractivity contribution in [3.8, 4) is 0 Å².